The first kappa shape index (κ1) is 28.7. The zero-order valence-corrected chi connectivity index (χ0v) is 25.2. The SMILES string of the molecule is O=c1c2ccc(OCC3CCN(CCNc4ccnc5ccccc45)CC3)cc2ncn1CCNc1ccnc2ccccc12. The molecule has 3 aromatic carbocycles. The number of hydrogen-bond donors (Lipinski definition) is 2. The Morgan fingerprint density at radius 3 is 2.04 bits per heavy atom. The number of likely N-dealkylation sites (tertiary alicyclic amines) is 1. The van der Waals surface area contributed by atoms with Crippen molar-refractivity contribution in [1.82, 2.24) is 24.4 Å². The van der Waals surface area contributed by atoms with Gasteiger partial charge in [0.05, 0.1) is 34.9 Å². The molecule has 0 spiro atoms. The zero-order valence-electron chi connectivity index (χ0n) is 25.2. The van der Waals surface area contributed by atoms with Crippen LogP contribution in [0, 0.1) is 5.92 Å². The lowest BCUT2D eigenvalue weighted by Gasteiger charge is -2.32. The largest absolute Gasteiger partial charge is 0.493 e. The monoisotopic (exact) mass is 599 g/mol. The van der Waals surface area contributed by atoms with Crippen LogP contribution in [-0.4, -0.2) is 63.7 Å². The molecule has 4 heterocycles. The topological polar surface area (TPSA) is 97.2 Å². The van der Waals surface area contributed by atoms with Crippen molar-refractivity contribution >= 4 is 44.1 Å². The van der Waals surface area contributed by atoms with Crippen molar-refractivity contribution in [3.05, 3.63) is 108 Å². The van der Waals surface area contributed by atoms with Crippen LogP contribution in [0.3, 0.4) is 0 Å². The van der Waals surface area contributed by atoms with E-state index in [9.17, 15) is 4.79 Å². The van der Waals surface area contributed by atoms with Crippen LogP contribution < -0.4 is 20.9 Å². The van der Waals surface area contributed by atoms with Gasteiger partial charge in [0.15, 0.2) is 0 Å². The van der Waals surface area contributed by atoms with Crippen molar-refractivity contribution in [3.8, 4) is 5.75 Å². The number of ether oxygens (including phenoxy) is 1. The molecule has 0 amide bonds. The van der Waals surface area contributed by atoms with E-state index in [0.29, 0.717) is 36.5 Å². The fraction of sp³-hybridized carbons (Fsp3) is 0.278. The van der Waals surface area contributed by atoms with Gasteiger partial charge in [0.2, 0.25) is 0 Å². The maximum Gasteiger partial charge on any atom is 0.261 e. The lowest BCUT2D eigenvalue weighted by atomic mass is 9.98. The van der Waals surface area contributed by atoms with Crippen molar-refractivity contribution in [2.75, 3.05) is 50.0 Å². The summed E-state index contributed by atoms with van der Waals surface area (Å²) in [7, 11) is 0. The summed E-state index contributed by atoms with van der Waals surface area (Å²) in [5.41, 5.74) is 4.70. The van der Waals surface area contributed by atoms with E-state index in [1.807, 2.05) is 72.9 Å². The van der Waals surface area contributed by atoms with E-state index in [1.165, 1.54) is 0 Å². The molecule has 2 N–H and O–H groups in total. The highest BCUT2D eigenvalue weighted by Crippen LogP contribution is 2.24. The number of hydrogen-bond acceptors (Lipinski definition) is 8. The predicted octanol–water partition coefficient (Wildman–Crippen LogP) is 5.81. The van der Waals surface area contributed by atoms with E-state index < -0.39 is 0 Å². The number of anilines is 2. The van der Waals surface area contributed by atoms with Gasteiger partial charge in [-0.1, -0.05) is 36.4 Å². The molecule has 0 aliphatic carbocycles. The van der Waals surface area contributed by atoms with Crippen molar-refractivity contribution in [1.29, 1.82) is 0 Å². The Kier molecular flexibility index (Phi) is 8.50. The lowest BCUT2D eigenvalue weighted by molar-refractivity contribution is 0.145. The Morgan fingerprint density at radius 2 is 1.36 bits per heavy atom. The molecule has 0 atom stereocenters. The Balaban J connectivity index is 0.875. The second kappa shape index (κ2) is 13.3. The van der Waals surface area contributed by atoms with Gasteiger partial charge in [-0.05, 0) is 68.2 Å². The van der Waals surface area contributed by atoms with Crippen LogP contribution in [0.25, 0.3) is 32.7 Å². The maximum atomic E-state index is 13.2. The van der Waals surface area contributed by atoms with E-state index in [0.717, 1.165) is 78.0 Å². The van der Waals surface area contributed by atoms with Gasteiger partial charge >= 0.3 is 0 Å². The fourth-order valence-corrected chi connectivity index (χ4v) is 6.14. The molecule has 1 aliphatic heterocycles. The number of rotatable bonds is 11. The van der Waals surface area contributed by atoms with Crippen molar-refractivity contribution in [2.45, 2.75) is 19.4 Å². The number of nitrogens with one attached hydrogen (secondary N) is 2. The summed E-state index contributed by atoms with van der Waals surface area (Å²) < 4.78 is 7.84. The zero-order chi connectivity index (χ0) is 30.4. The molecule has 3 aromatic heterocycles. The van der Waals surface area contributed by atoms with Gasteiger partial charge < -0.3 is 20.3 Å². The second-order valence-corrected chi connectivity index (χ2v) is 11.6. The molecular formula is C36H37N7O2. The summed E-state index contributed by atoms with van der Waals surface area (Å²) >= 11 is 0. The molecule has 0 unspecified atom stereocenters. The molecule has 9 heteroatoms. The number of nitrogens with zero attached hydrogens (tertiary/aromatic N) is 5. The molecule has 9 nitrogen and oxygen atoms in total. The number of pyridine rings is 2. The highest BCUT2D eigenvalue weighted by atomic mass is 16.5. The van der Waals surface area contributed by atoms with Crippen molar-refractivity contribution in [2.24, 2.45) is 5.92 Å². The van der Waals surface area contributed by atoms with Gasteiger partial charge in [-0.2, -0.15) is 0 Å². The Morgan fingerprint density at radius 1 is 0.711 bits per heavy atom. The highest BCUT2D eigenvalue weighted by Gasteiger charge is 2.20. The number of piperidine rings is 1. The molecule has 228 valence electrons. The average Bonchev–Trinajstić information content (AvgIpc) is 3.09. The number of fused-ring (bicyclic) bond motifs is 3. The van der Waals surface area contributed by atoms with Crippen LogP contribution in [0.15, 0.2) is 102 Å². The first-order valence-electron chi connectivity index (χ1n) is 15.7. The molecule has 0 saturated carbocycles. The highest BCUT2D eigenvalue weighted by molar-refractivity contribution is 5.91. The quantitative estimate of drug-likeness (QED) is 0.193. The summed E-state index contributed by atoms with van der Waals surface area (Å²) in [4.78, 5) is 29.1. The first-order valence-corrected chi connectivity index (χ1v) is 15.7. The van der Waals surface area contributed by atoms with Gasteiger partial charge in [0.1, 0.15) is 5.75 Å². The molecule has 1 aliphatic rings. The minimum Gasteiger partial charge on any atom is -0.493 e. The summed E-state index contributed by atoms with van der Waals surface area (Å²) in [5.74, 6) is 1.27. The lowest BCUT2D eigenvalue weighted by Crippen LogP contribution is -2.38. The van der Waals surface area contributed by atoms with Crippen LogP contribution in [0.1, 0.15) is 12.8 Å². The standard InChI is InChI=1S/C36H37N7O2/c44-36-30-10-9-27(23-35(30)41-25-43(36)22-18-40-34-12-16-38-32-8-4-2-6-29(32)34)45-24-26-13-19-42(20-14-26)21-17-39-33-11-15-37-31-7-3-1-5-28(31)33/h1-12,15-16,23,25-26H,13-14,17-22,24H2,(H,37,39)(H,38,40). The number of para-hydroxylation sites is 2. The third-order valence-electron chi connectivity index (χ3n) is 8.70. The van der Waals surface area contributed by atoms with E-state index in [-0.39, 0.29) is 5.56 Å². The second-order valence-electron chi connectivity index (χ2n) is 11.6. The fourth-order valence-electron chi connectivity index (χ4n) is 6.14. The molecular weight excluding hydrogens is 562 g/mol. The molecule has 0 bridgehead atoms. The van der Waals surface area contributed by atoms with Crippen molar-refractivity contribution < 1.29 is 4.74 Å². The van der Waals surface area contributed by atoms with Crippen molar-refractivity contribution in [3.63, 3.8) is 0 Å². The normalized spacial score (nSPS) is 14.2. The number of aromatic nitrogens is 4. The summed E-state index contributed by atoms with van der Waals surface area (Å²) in [6, 6.07) is 25.9. The van der Waals surface area contributed by atoms with Gasteiger partial charge in [0, 0.05) is 66.8 Å². The molecule has 1 fully saturated rings. The Bertz CT molecular complexity index is 1970. The Hall–Kier alpha value is -5.02. The minimum absolute atomic E-state index is 0.0492. The van der Waals surface area contributed by atoms with E-state index in [1.54, 1.807) is 17.1 Å². The Labute approximate surface area is 261 Å². The van der Waals surface area contributed by atoms with Crippen LogP contribution in [0.5, 0.6) is 5.75 Å². The molecule has 7 rings (SSSR count). The average molecular weight is 600 g/mol. The van der Waals surface area contributed by atoms with Crippen LogP contribution in [0.4, 0.5) is 11.4 Å². The maximum absolute atomic E-state index is 13.2. The van der Waals surface area contributed by atoms with E-state index >= 15 is 0 Å². The summed E-state index contributed by atoms with van der Waals surface area (Å²) in [6.45, 7) is 5.82. The van der Waals surface area contributed by atoms with Crippen LogP contribution >= 0.6 is 0 Å². The van der Waals surface area contributed by atoms with Gasteiger partial charge in [-0.3, -0.25) is 19.3 Å². The van der Waals surface area contributed by atoms with Crippen LogP contribution in [0.2, 0.25) is 0 Å². The van der Waals surface area contributed by atoms with Gasteiger partial charge in [-0.15, -0.1) is 0 Å². The molecule has 45 heavy (non-hydrogen) atoms. The third kappa shape index (κ3) is 6.58. The minimum atomic E-state index is -0.0492. The van der Waals surface area contributed by atoms with Gasteiger partial charge in [-0.25, -0.2) is 4.98 Å². The smallest absolute Gasteiger partial charge is 0.261 e. The summed E-state index contributed by atoms with van der Waals surface area (Å²) in [6.07, 6.45) is 7.50. The van der Waals surface area contributed by atoms with Gasteiger partial charge in [0.25, 0.3) is 5.56 Å². The molecule has 1 saturated heterocycles. The molecule has 6 aromatic rings. The van der Waals surface area contributed by atoms with E-state index in [2.05, 4.69) is 42.6 Å². The first-order chi connectivity index (χ1) is 22.2. The van der Waals surface area contributed by atoms with E-state index in [4.69, 9.17) is 4.74 Å². The van der Waals surface area contributed by atoms with Crippen LogP contribution in [-0.2, 0) is 6.54 Å². The number of benzene rings is 3. The molecule has 0 radical (unpaired) electrons. The predicted molar refractivity (Wildman–Crippen MR) is 181 cm³/mol. The summed E-state index contributed by atoms with van der Waals surface area (Å²) in [5, 5.41) is 9.85. The third-order valence-corrected chi connectivity index (χ3v) is 8.70.